The summed E-state index contributed by atoms with van der Waals surface area (Å²) in [7, 11) is 0. The van der Waals surface area contributed by atoms with Gasteiger partial charge in [-0.25, -0.2) is 14.5 Å². The Hall–Kier alpha value is -3.74. The number of piperidine rings is 2. The minimum Gasteiger partial charge on any atom is -0.371 e. The van der Waals surface area contributed by atoms with Gasteiger partial charge in [0.25, 0.3) is 5.56 Å². The molecule has 0 radical (unpaired) electrons. The molecule has 2 fully saturated rings. The highest BCUT2D eigenvalue weighted by Crippen LogP contribution is 2.31. The molecular formula is C25H29FN8O. The van der Waals surface area contributed by atoms with Gasteiger partial charge in [0.05, 0.1) is 12.3 Å². The first-order chi connectivity index (χ1) is 16.9. The van der Waals surface area contributed by atoms with Crippen LogP contribution in [0.5, 0.6) is 0 Å². The van der Waals surface area contributed by atoms with Gasteiger partial charge in [0.15, 0.2) is 0 Å². The van der Waals surface area contributed by atoms with Crippen molar-refractivity contribution in [2.45, 2.75) is 44.7 Å². The van der Waals surface area contributed by atoms with Gasteiger partial charge in [0.1, 0.15) is 22.4 Å². The molecule has 1 aromatic carbocycles. The summed E-state index contributed by atoms with van der Waals surface area (Å²) in [5.74, 6) is 1.37. The first-order valence-corrected chi connectivity index (χ1v) is 12.1. The Morgan fingerprint density at radius 1 is 1.14 bits per heavy atom. The summed E-state index contributed by atoms with van der Waals surface area (Å²) in [5.41, 5.74) is 0.858. The maximum Gasteiger partial charge on any atom is 0.277 e. The highest BCUT2D eigenvalue weighted by molar-refractivity contribution is 5.90. The molecule has 2 N–H and O–H groups in total. The summed E-state index contributed by atoms with van der Waals surface area (Å²) >= 11 is 0. The van der Waals surface area contributed by atoms with Crippen LogP contribution in [-0.2, 0) is 0 Å². The van der Waals surface area contributed by atoms with E-state index in [0.29, 0.717) is 60.9 Å². The molecule has 5 rings (SSSR count). The van der Waals surface area contributed by atoms with Gasteiger partial charge < -0.3 is 15.1 Å². The number of rotatable bonds is 5. The van der Waals surface area contributed by atoms with Crippen molar-refractivity contribution in [2.75, 3.05) is 41.3 Å². The number of aromatic nitrogens is 4. The maximum absolute atomic E-state index is 14.2. The first kappa shape index (κ1) is 23.0. The summed E-state index contributed by atoms with van der Waals surface area (Å²) in [5, 5.41) is 19.0. The normalized spacial score (nSPS) is 18.4. The van der Waals surface area contributed by atoms with Gasteiger partial charge in [0.2, 0.25) is 5.95 Å². The van der Waals surface area contributed by atoms with E-state index < -0.39 is 5.67 Å². The molecule has 0 atom stereocenters. The molecule has 0 unspecified atom stereocenters. The number of benzene rings is 1. The quantitative estimate of drug-likeness (QED) is 0.570. The predicted octanol–water partition coefficient (Wildman–Crippen LogP) is 3.92. The average Bonchev–Trinajstić information content (AvgIpc) is 2.85. The van der Waals surface area contributed by atoms with Gasteiger partial charge in [-0.15, -0.1) is 0 Å². The Balaban J connectivity index is 1.39. The van der Waals surface area contributed by atoms with E-state index in [4.69, 9.17) is 10.2 Å². The summed E-state index contributed by atoms with van der Waals surface area (Å²) < 4.78 is 14.2. The molecule has 3 aromatic rings. The van der Waals surface area contributed by atoms with Gasteiger partial charge in [0, 0.05) is 44.0 Å². The second-order valence-electron chi connectivity index (χ2n) is 9.70. The molecule has 2 aliphatic rings. The van der Waals surface area contributed by atoms with Gasteiger partial charge in [-0.05, 0) is 62.8 Å². The van der Waals surface area contributed by atoms with Crippen LogP contribution in [0.4, 0.5) is 27.5 Å². The first-order valence-electron chi connectivity index (χ1n) is 12.1. The summed E-state index contributed by atoms with van der Waals surface area (Å²) in [6.07, 6.45) is 4.96. The Morgan fingerprint density at radius 2 is 1.86 bits per heavy atom. The lowest BCUT2D eigenvalue weighted by Gasteiger charge is -2.35. The number of nitrogens with zero attached hydrogens (tertiary/aromatic N) is 6. The van der Waals surface area contributed by atoms with Crippen molar-refractivity contribution >= 4 is 34.0 Å². The minimum absolute atomic E-state index is 0.352. The van der Waals surface area contributed by atoms with Crippen molar-refractivity contribution in [3.63, 3.8) is 0 Å². The molecule has 10 heteroatoms. The van der Waals surface area contributed by atoms with Gasteiger partial charge >= 0.3 is 0 Å². The van der Waals surface area contributed by atoms with Crippen molar-refractivity contribution in [3.05, 3.63) is 40.8 Å². The van der Waals surface area contributed by atoms with Crippen LogP contribution in [0, 0.1) is 17.2 Å². The number of H-pyrrole nitrogens is 1. The molecule has 2 saturated heterocycles. The summed E-state index contributed by atoms with van der Waals surface area (Å²) in [6.45, 7) is 4.57. The number of hydrogen-bond donors (Lipinski definition) is 2. The zero-order valence-electron chi connectivity index (χ0n) is 19.8. The lowest BCUT2D eigenvalue weighted by atomic mass is 9.94. The molecule has 0 aliphatic carbocycles. The molecule has 2 aliphatic heterocycles. The van der Waals surface area contributed by atoms with Crippen LogP contribution in [0.2, 0.25) is 0 Å². The third-order valence-electron chi connectivity index (χ3n) is 7.08. The molecule has 2 aromatic heterocycles. The van der Waals surface area contributed by atoms with Crippen LogP contribution in [0.1, 0.15) is 39.0 Å². The molecule has 0 spiro atoms. The number of fused-ring (bicyclic) bond motifs is 1. The third-order valence-corrected chi connectivity index (χ3v) is 7.08. The van der Waals surface area contributed by atoms with Crippen LogP contribution < -0.4 is 20.7 Å². The molecule has 0 amide bonds. The number of hydrogen-bond acceptors (Lipinski definition) is 8. The largest absolute Gasteiger partial charge is 0.371 e. The SMILES string of the molecule is CC1(F)CCN(c2ccc(Nc3nc(N4CCC(CC#N)CC4)nc4cn[nH]c(=O)c34)cc2)CC1. The van der Waals surface area contributed by atoms with Crippen molar-refractivity contribution in [1.29, 1.82) is 5.26 Å². The monoisotopic (exact) mass is 476 g/mol. The molecule has 0 saturated carbocycles. The van der Waals surface area contributed by atoms with Crippen LogP contribution in [-0.4, -0.2) is 52.0 Å². The van der Waals surface area contributed by atoms with E-state index in [1.165, 1.54) is 6.20 Å². The zero-order valence-corrected chi connectivity index (χ0v) is 19.8. The van der Waals surface area contributed by atoms with Crippen molar-refractivity contribution < 1.29 is 4.39 Å². The van der Waals surface area contributed by atoms with E-state index in [-0.39, 0.29) is 5.56 Å². The minimum atomic E-state index is -1.09. The Morgan fingerprint density at radius 3 is 2.54 bits per heavy atom. The van der Waals surface area contributed by atoms with Crippen LogP contribution in [0.15, 0.2) is 35.3 Å². The van der Waals surface area contributed by atoms with Crippen LogP contribution in [0.25, 0.3) is 10.9 Å². The molecule has 35 heavy (non-hydrogen) atoms. The van der Waals surface area contributed by atoms with E-state index in [9.17, 15) is 9.18 Å². The molecule has 4 heterocycles. The highest BCUT2D eigenvalue weighted by Gasteiger charge is 2.29. The molecule has 0 bridgehead atoms. The number of alkyl halides is 1. The number of nitrogens with one attached hydrogen (secondary N) is 2. The van der Waals surface area contributed by atoms with Crippen LogP contribution >= 0.6 is 0 Å². The topological polar surface area (TPSA) is 114 Å². The molecular weight excluding hydrogens is 447 g/mol. The lowest BCUT2D eigenvalue weighted by Crippen LogP contribution is -2.40. The van der Waals surface area contributed by atoms with Crippen molar-refractivity contribution in [2.24, 2.45) is 5.92 Å². The summed E-state index contributed by atoms with van der Waals surface area (Å²) in [4.78, 5) is 26.2. The van der Waals surface area contributed by atoms with Gasteiger partial charge in [-0.3, -0.25) is 4.79 Å². The Labute approximate surface area is 203 Å². The standard InChI is InChI=1S/C25H29FN8O/c1-25(26)9-14-33(15-10-25)19-4-2-18(3-5-19)29-22-21-20(16-28-32-23(21)35)30-24(31-22)34-12-7-17(6-11-27)8-13-34/h2-5,16-17H,6-10,12-15H2,1H3,(H,32,35)(H,29,30,31). The third kappa shape index (κ3) is 5.04. The van der Waals surface area contributed by atoms with E-state index in [2.05, 4.69) is 36.4 Å². The number of anilines is 4. The molecule has 182 valence electrons. The smallest absolute Gasteiger partial charge is 0.277 e. The van der Waals surface area contributed by atoms with Crippen molar-refractivity contribution in [3.8, 4) is 6.07 Å². The second kappa shape index (κ2) is 9.49. The van der Waals surface area contributed by atoms with Crippen molar-refractivity contribution in [1.82, 2.24) is 20.2 Å². The molecule has 9 nitrogen and oxygen atoms in total. The summed E-state index contributed by atoms with van der Waals surface area (Å²) in [6, 6.07) is 10.1. The number of aromatic amines is 1. The maximum atomic E-state index is 14.2. The average molecular weight is 477 g/mol. The fourth-order valence-electron chi connectivity index (χ4n) is 4.81. The van der Waals surface area contributed by atoms with Crippen LogP contribution in [0.3, 0.4) is 0 Å². The van der Waals surface area contributed by atoms with E-state index in [1.807, 2.05) is 24.3 Å². The number of halogens is 1. The van der Waals surface area contributed by atoms with E-state index in [1.54, 1.807) is 6.92 Å². The Bertz CT molecular complexity index is 1280. The fraction of sp³-hybridized carbons (Fsp3) is 0.480. The number of nitriles is 1. The van der Waals surface area contributed by atoms with E-state index >= 15 is 0 Å². The Kier molecular flexibility index (Phi) is 6.24. The van der Waals surface area contributed by atoms with Gasteiger partial charge in [-0.2, -0.15) is 15.3 Å². The lowest BCUT2D eigenvalue weighted by molar-refractivity contribution is 0.149. The highest BCUT2D eigenvalue weighted by atomic mass is 19.1. The van der Waals surface area contributed by atoms with Gasteiger partial charge in [-0.1, -0.05) is 0 Å². The predicted molar refractivity (Wildman–Crippen MR) is 134 cm³/mol. The fourth-order valence-corrected chi connectivity index (χ4v) is 4.81. The second-order valence-corrected chi connectivity index (χ2v) is 9.70. The van der Waals surface area contributed by atoms with E-state index in [0.717, 1.165) is 37.3 Å². The zero-order chi connectivity index (χ0) is 24.4.